The predicted molar refractivity (Wildman–Crippen MR) is 102 cm³/mol. The van der Waals surface area contributed by atoms with Gasteiger partial charge in [0.15, 0.2) is 5.58 Å². The minimum Gasteiger partial charge on any atom is -0.491 e. The van der Waals surface area contributed by atoms with Gasteiger partial charge >= 0.3 is 5.76 Å². The molecule has 0 aliphatic carbocycles. The van der Waals surface area contributed by atoms with E-state index in [-0.39, 0.29) is 12.5 Å². The third-order valence-corrected chi connectivity index (χ3v) is 4.76. The van der Waals surface area contributed by atoms with Gasteiger partial charge in [-0.1, -0.05) is 12.1 Å². The SMILES string of the molecule is CN(C)c1ccc2c(c1)CN(C(=O)Cn1c(=O)oc3ccccc31)CCO2. The Morgan fingerprint density at radius 3 is 2.81 bits per heavy atom. The molecule has 0 fully saturated rings. The molecule has 0 saturated heterocycles. The number of fused-ring (bicyclic) bond motifs is 2. The average molecular weight is 367 g/mol. The summed E-state index contributed by atoms with van der Waals surface area (Å²) in [6, 6.07) is 13.1. The van der Waals surface area contributed by atoms with E-state index in [9.17, 15) is 9.59 Å². The molecule has 1 aromatic heterocycles. The normalized spacial score (nSPS) is 13.8. The number of carbonyl (C=O) groups excluding carboxylic acids is 1. The third kappa shape index (κ3) is 3.28. The molecule has 0 saturated carbocycles. The van der Waals surface area contributed by atoms with Crippen molar-refractivity contribution in [2.75, 3.05) is 32.1 Å². The number of hydrogen-bond donors (Lipinski definition) is 0. The smallest absolute Gasteiger partial charge is 0.420 e. The molecule has 1 aliphatic rings. The molecular formula is C20H21N3O4. The summed E-state index contributed by atoms with van der Waals surface area (Å²) in [6.07, 6.45) is 0. The van der Waals surface area contributed by atoms with E-state index >= 15 is 0 Å². The van der Waals surface area contributed by atoms with Gasteiger partial charge in [-0.3, -0.25) is 9.36 Å². The molecule has 3 aromatic rings. The summed E-state index contributed by atoms with van der Waals surface area (Å²) >= 11 is 0. The summed E-state index contributed by atoms with van der Waals surface area (Å²) in [5.41, 5.74) is 3.10. The van der Waals surface area contributed by atoms with E-state index in [2.05, 4.69) is 0 Å². The lowest BCUT2D eigenvalue weighted by atomic mass is 10.1. The first-order valence-corrected chi connectivity index (χ1v) is 8.82. The molecule has 0 radical (unpaired) electrons. The van der Waals surface area contributed by atoms with E-state index in [4.69, 9.17) is 9.15 Å². The van der Waals surface area contributed by atoms with Crippen LogP contribution in [0.5, 0.6) is 5.75 Å². The number of carbonyl (C=O) groups is 1. The number of oxazole rings is 1. The zero-order valence-corrected chi connectivity index (χ0v) is 15.3. The van der Waals surface area contributed by atoms with Crippen LogP contribution in [0, 0.1) is 0 Å². The fourth-order valence-electron chi connectivity index (χ4n) is 3.27. The van der Waals surface area contributed by atoms with Crippen LogP contribution in [0.3, 0.4) is 0 Å². The molecule has 2 heterocycles. The topological polar surface area (TPSA) is 67.9 Å². The first-order chi connectivity index (χ1) is 13.0. The van der Waals surface area contributed by atoms with Crippen LogP contribution < -0.4 is 15.4 Å². The molecule has 2 aromatic carbocycles. The number of para-hydroxylation sites is 2. The Balaban J connectivity index is 1.59. The highest BCUT2D eigenvalue weighted by Crippen LogP contribution is 2.27. The van der Waals surface area contributed by atoms with Gasteiger partial charge in [0, 0.05) is 31.9 Å². The maximum absolute atomic E-state index is 12.9. The van der Waals surface area contributed by atoms with E-state index in [1.165, 1.54) is 4.57 Å². The average Bonchev–Trinajstić information content (AvgIpc) is 2.83. The molecule has 1 amide bonds. The molecule has 27 heavy (non-hydrogen) atoms. The Morgan fingerprint density at radius 2 is 2.00 bits per heavy atom. The van der Waals surface area contributed by atoms with Crippen molar-refractivity contribution in [2.24, 2.45) is 0 Å². The van der Waals surface area contributed by atoms with Gasteiger partial charge in [-0.25, -0.2) is 4.79 Å². The summed E-state index contributed by atoms with van der Waals surface area (Å²) < 4.78 is 12.4. The van der Waals surface area contributed by atoms with Gasteiger partial charge in [0.2, 0.25) is 5.91 Å². The van der Waals surface area contributed by atoms with Crippen molar-refractivity contribution in [3.05, 3.63) is 58.6 Å². The van der Waals surface area contributed by atoms with Gasteiger partial charge < -0.3 is 19.0 Å². The summed E-state index contributed by atoms with van der Waals surface area (Å²) in [4.78, 5) is 28.8. The van der Waals surface area contributed by atoms with Crippen LogP contribution in [0.1, 0.15) is 5.56 Å². The van der Waals surface area contributed by atoms with Gasteiger partial charge in [0.05, 0.1) is 12.1 Å². The second-order valence-electron chi connectivity index (χ2n) is 6.77. The van der Waals surface area contributed by atoms with Crippen molar-refractivity contribution in [2.45, 2.75) is 13.1 Å². The van der Waals surface area contributed by atoms with Crippen molar-refractivity contribution >= 4 is 22.7 Å². The Kier molecular flexibility index (Phi) is 4.35. The highest BCUT2D eigenvalue weighted by atomic mass is 16.5. The first-order valence-electron chi connectivity index (χ1n) is 8.82. The zero-order valence-electron chi connectivity index (χ0n) is 15.3. The maximum atomic E-state index is 12.9. The fourth-order valence-corrected chi connectivity index (χ4v) is 3.27. The Hall–Kier alpha value is -3.22. The summed E-state index contributed by atoms with van der Waals surface area (Å²) in [6.45, 7) is 1.27. The van der Waals surface area contributed by atoms with Crippen LogP contribution in [0.25, 0.3) is 11.1 Å². The van der Waals surface area contributed by atoms with Crippen molar-refractivity contribution in [1.29, 1.82) is 0 Å². The molecule has 4 rings (SSSR count). The van der Waals surface area contributed by atoms with Crippen molar-refractivity contribution < 1.29 is 13.9 Å². The highest BCUT2D eigenvalue weighted by molar-refractivity contribution is 5.79. The van der Waals surface area contributed by atoms with Gasteiger partial charge in [0.25, 0.3) is 0 Å². The van der Waals surface area contributed by atoms with E-state index < -0.39 is 5.76 Å². The second kappa shape index (κ2) is 6.83. The molecule has 140 valence electrons. The number of nitrogens with zero attached hydrogens (tertiary/aromatic N) is 3. The monoisotopic (exact) mass is 367 g/mol. The van der Waals surface area contributed by atoms with Gasteiger partial charge in [0.1, 0.15) is 18.9 Å². The predicted octanol–water partition coefficient (Wildman–Crippen LogP) is 2.08. The molecular weight excluding hydrogens is 346 g/mol. The lowest BCUT2D eigenvalue weighted by Crippen LogP contribution is -2.36. The first kappa shape index (κ1) is 17.2. The molecule has 7 heteroatoms. The van der Waals surface area contributed by atoms with Crippen molar-refractivity contribution in [3.8, 4) is 5.75 Å². The maximum Gasteiger partial charge on any atom is 0.420 e. The number of anilines is 1. The fraction of sp³-hybridized carbons (Fsp3) is 0.300. The highest BCUT2D eigenvalue weighted by Gasteiger charge is 2.22. The number of ether oxygens (including phenoxy) is 1. The van der Waals surface area contributed by atoms with Gasteiger partial charge in [-0.2, -0.15) is 0 Å². The molecule has 0 unspecified atom stereocenters. The Morgan fingerprint density at radius 1 is 1.19 bits per heavy atom. The van der Waals surface area contributed by atoms with Crippen LogP contribution in [-0.2, 0) is 17.9 Å². The second-order valence-corrected chi connectivity index (χ2v) is 6.77. The standard InChI is InChI=1S/C20H21N3O4/c1-21(2)15-7-8-17-14(11-15)12-22(9-10-26-17)19(24)13-23-16-5-3-4-6-18(16)27-20(23)25/h3-8,11H,9-10,12-13H2,1-2H3. The lowest BCUT2D eigenvalue weighted by Gasteiger charge is -2.21. The summed E-state index contributed by atoms with van der Waals surface area (Å²) in [5.74, 6) is 0.128. The van der Waals surface area contributed by atoms with Crippen LogP contribution in [-0.4, -0.2) is 42.6 Å². The quantitative estimate of drug-likeness (QED) is 0.709. The molecule has 0 atom stereocenters. The number of aromatic nitrogens is 1. The van der Waals surface area contributed by atoms with Crippen molar-refractivity contribution in [3.63, 3.8) is 0 Å². The third-order valence-electron chi connectivity index (χ3n) is 4.76. The number of amides is 1. The molecule has 0 spiro atoms. The number of benzene rings is 2. The summed E-state index contributed by atoms with van der Waals surface area (Å²) in [5, 5.41) is 0. The van der Waals surface area contributed by atoms with E-state index in [1.807, 2.05) is 43.3 Å². The Bertz CT molecular complexity index is 1050. The summed E-state index contributed by atoms with van der Waals surface area (Å²) in [7, 11) is 3.94. The van der Waals surface area contributed by atoms with Crippen LogP contribution in [0.4, 0.5) is 5.69 Å². The molecule has 0 bridgehead atoms. The van der Waals surface area contributed by atoms with Crippen molar-refractivity contribution in [1.82, 2.24) is 9.47 Å². The minimum absolute atomic E-state index is 0.0570. The van der Waals surface area contributed by atoms with Crippen LogP contribution in [0.15, 0.2) is 51.7 Å². The van der Waals surface area contributed by atoms with Crippen LogP contribution in [0.2, 0.25) is 0 Å². The number of rotatable bonds is 3. The molecule has 0 N–H and O–H groups in total. The van der Waals surface area contributed by atoms with E-state index in [0.29, 0.717) is 30.8 Å². The number of hydrogen-bond acceptors (Lipinski definition) is 5. The molecule has 1 aliphatic heterocycles. The zero-order chi connectivity index (χ0) is 19.0. The minimum atomic E-state index is -0.522. The Labute approximate surface area is 156 Å². The molecule has 7 nitrogen and oxygen atoms in total. The van der Waals surface area contributed by atoms with Gasteiger partial charge in [-0.05, 0) is 30.3 Å². The van der Waals surface area contributed by atoms with E-state index in [0.717, 1.165) is 17.0 Å². The van der Waals surface area contributed by atoms with E-state index in [1.54, 1.807) is 23.1 Å². The van der Waals surface area contributed by atoms with Crippen LogP contribution >= 0.6 is 0 Å². The van der Waals surface area contributed by atoms with Gasteiger partial charge in [-0.15, -0.1) is 0 Å². The lowest BCUT2D eigenvalue weighted by molar-refractivity contribution is -0.132. The largest absolute Gasteiger partial charge is 0.491 e.